The zero-order valence-electron chi connectivity index (χ0n) is 13.3. The van der Waals surface area contributed by atoms with Crippen molar-refractivity contribution in [3.8, 4) is 0 Å². The van der Waals surface area contributed by atoms with Crippen LogP contribution in [0.5, 0.6) is 0 Å². The molecule has 1 aliphatic rings. The predicted octanol–water partition coefficient (Wildman–Crippen LogP) is 1.23. The van der Waals surface area contributed by atoms with Crippen LogP contribution in [0, 0.1) is 0 Å². The van der Waals surface area contributed by atoms with E-state index in [9.17, 15) is 9.59 Å². The molecule has 7 heteroatoms. The van der Waals surface area contributed by atoms with Crippen molar-refractivity contribution in [3.05, 3.63) is 47.2 Å². The van der Waals surface area contributed by atoms with E-state index in [0.29, 0.717) is 6.42 Å². The second-order valence-electron chi connectivity index (χ2n) is 5.89. The zero-order valence-corrected chi connectivity index (χ0v) is 13.3. The number of nitrogen functional groups attached to an aromatic ring is 1. The lowest BCUT2D eigenvalue weighted by molar-refractivity contribution is -0.144. The van der Waals surface area contributed by atoms with E-state index in [0.717, 1.165) is 12.8 Å². The van der Waals surface area contributed by atoms with Crippen molar-refractivity contribution in [1.82, 2.24) is 9.78 Å². The minimum absolute atomic E-state index is 0.150. The molecule has 2 aromatic rings. The molecule has 1 unspecified atom stereocenters. The Labute approximate surface area is 139 Å². The van der Waals surface area contributed by atoms with Gasteiger partial charge in [0, 0.05) is 0 Å². The lowest BCUT2D eigenvalue weighted by atomic mass is 9.98. The predicted molar refractivity (Wildman–Crippen MR) is 88.2 cm³/mol. The number of carbonyl (C=O) groups excluding carboxylic acids is 2. The number of ether oxygens (including phenoxy) is 1. The molecule has 126 valence electrons. The summed E-state index contributed by atoms with van der Waals surface area (Å²) >= 11 is 0. The highest BCUT2D eigenvalue weighted by atomic mass is 16.5. The van der Waals surface area contributed by atoms with E-state index < -0.39 is 5.91 Å². The molecule has 1 amide bonds. The second-order valence-corrected chi connectivity index (χ2v) is 5.89. The number of fused-ring (bicyclic) bond motifs is 1. The van der Waals surface area contributed by atoms with Crippen LogP contribution >= 0.6 is 0 Å². The molecule has 1 aromatic heterocycles. The van der Waals surface area contributed by atoms with Crippen LogP contribution in [0.25, 0.3) is 0 Å². The van der Waals surface area contributed by atoms with Crippen LogP contribution < -0.4 is 11.5 Å². The Morgan fingerprint density at radius 2 is 2.12 bits per heavy atom. The Hall–Kier alpha value is -2.83. The van der Waals surface area contributed by atoms with Gasteiger partial charge in [0.2, 0.25) is 0 Å². The van der Waals surface area contributed by atoms with Gasteiger partial charge in [-0.1, -0.05) is 24.3 Å². The maximum atomic E-state index is 12.0. The Morgan fingerprint density at radius 1 is 1.33 bits per heavy atom. The highest BCUT2D eigenvalue weighted by molar-refractivity contribution is 5.96. The van der Waals surface area contributed by atoms with Gasteiger partial charge in [0.25, 0.3) is 5.91 Å². The Bertz CT molecular complexity index is 769. The van der Waals surface area contributed by atoms with Gasteiger partial charge in [-0.25, -0.2) is 4.68 Å². The summed E-state index contributed by atoms with van der Waals surface area (Å²) in [4.78, 5) is 23.2. The second kappa shape index (κ2) is 6.74. The average molecular weight is 328 g/mol. The molecule has 0 saturated heterocycles. The highest BCUT2D eigenvalue weighted by Gasteiger charge is 2.24. The third-order valence-electron chi connectivity index (χ3n) is 4.38. The fourth-order valence-corrected chi connectivity index (χ4v) is 3.13. The fourth-order valence-electron chi connectivity index (χ4n) is 3.13. The van der Waals surface area contributed by atoms with Gasteiger partial charge in [0.15, 0.2) is 0 Å². The largest absolute Gasteiger partial charge is 0.464 e. The molecule has 0 spiro atoms. The summed E-state index contributed by atoms with van der Waals surface area (Å²) < 4.78 is 6.68. The first-order chi connectivity index (χ1) is 11.6. The first kappa shape index (κ1) is 16.0. The summed E-state index contributed by atoms with van der Waals surface area (Å²) in [7, 11) is 0. The highest BCUT2D eigenvalue weighted by Crippen LogP contribution is 2.35. The van der Waals surface area contributed by atoms with Crippen LogP contribution in [0.3, 0.4) is 0 Å². The molecule has 1 heterocycles. The molecule has 0 aliphatic heterocycles. The number of esters is 1. The third kappa shape index (κ3) is 3.24. The van der Waals surface area contributed by atoms with Crippen LogP contribution in [-0.2, 0) is 22.5 Å². The maximum Gasteiger partial charge on any atom is 0.306 e. The van der Waals surface area contributed by atoms with Crippen LogP contribution in [0.15, 0.2) is 30.5 Å². The summed E-state index contributed by atoms with van der Waals surface area (Å²) in [6.45, 7) is 0.434. The van der Waals surface area contributed by atoms with Gasteiger partial charge in [0.1, 0.15) is 18.0 Å². The van der Waals surface area contributed by atoms with Crippen molar-refractivity contribution in [2.24, 2.45) is 5.73 Å². The van der Waals surface area contributed by atoms with Gasteiger partial charge < -0.3 is 16.2 Å². The summed E-state index contributed by atoms with van der Waals surface area (Å²) in [5.74, 6) is -0.457. The van der Waals surface area contributed by atoms with Gasteiger partial charge in [-0.2, -0.15) is 5.10 Å². The van der Waals surface area contributed by atoms with Crippen LogP contribution in [0.4, 0.5) is 5.82 Å². The SMILES string of the molecule is NC(=O)c1cnn(CCOC(=O)CC2CCc3ccccc32)c1N. The van der Waals surface area contributed by atoms with Gasteiger partial charge in [-0.15, -0.1) is 0 Å². The van der Waals surface area contributed by atoms with Gasteiger partial charge in [-0.3, -0.25) is 9.59 Å². The minimum Gasteiger partial charge on any atom is -0.464 e. The summed E-state index contributed by atoms with van der Waals surface area (Å²) in [5.41, 5.74) is 13.7. The average Bonchev–Trinajstić information content (AvgIpc) is 3.12. The maximum absolute atomic E-state index is 12.0. The number of anilines is 1. The molecule has 7 nitrogen and oxygen atoms in total. The van der Waals surface area contributed by atoms with Crippen LogP contribution in [0.1, 0.15) is 40.2 Å². The van der Waals surface area contributed by atoms with E-state index in [2.05, 4.69) is 17.2 Å². The Balaban J connectivity index is 1.49. The fraction of sp³-hybridized carbons (Fsp3) is 0.353. The summed E-state index contributed by atoms with van der Waals surface area (Å²) in [5, 5.41) is 3.97. The number of aryl methyl sites for hydroxylation is 1. The topological polar surface area (TPSA) is 113 Å². The number of rotatable bonds is 6. The molecule has 0 fully saturated rings. The number of hydrogen-bond donors (Lipinski definition) is 2. The first-order valence-electron chi connectivity index (χ1n) is 7.90. The number of benzene rings is 1. The van der Waals surface area contributed by atoms with Gasteiger partial charge in [0.05, 0.1) is 19.2 Å². The number of amides is 1. The number of nitrogens with zero attached hydrogens (tertiary/aromatic N) is 2. The number of carbonyl (C=O) groups is 2. The number of aromatic nitrogens is 2. The molecule has 1 atom stereocenters. The third-order valence-corrected chi connectivity index (χ3v) is 4.38. The van der Waals surface area contributed by atoms with E-state index in [1.165, 1.54) is 22.0 Å². The van der Waals surface area contributed by atoms with Crippen molar-refractivity contribution >= 4 is 17.7 Å². The molecule has 0 radical (unpaired) electrons. The van der Waals surface area contributed by atoms with E-state index in [-0.39, 0.29) is 36.4 Å². The summed E-state index contributed by atoms with van der Waals surface area (Å²) in [6, 6.07) is 8.21. The standard InChI is InChI=1S/C17H20N4O3/c18-16-14(17(19)23)10-20-21(16)7-8-24-15(22)9-12-6-5-11-3-1-2-4-13(11)12/h1-4,10,12H,5-9,18H2,(H2,19,23). The molecular formula is C17H20N4O3. The normalized spacial score (nSPS) is 15.9. The van der Waals surface area contributed by atoms with Crippen LogP contribution in [0.2, 0.25) is 0 Å². The van der Waals surface area contributed by atoms with Crippen molar-refractivity contribution in [1.29, 1.82) is 0 Å². The van der Waals surface area contributed by atoms with Gasteiger partial charge in [-0.05, 0) is 29.9 Å². The Kier molecular flexibility index (Phi) is 4.50. The molecule has 1 aromatic carbocycles. The first-order valence-corrected chi connectivity index (χ1v) is 7.90. The van der Waals surface area contributed by atoms with E-state index in [1.54, 1.807) is 0 Å². The molecular weight excluding hydrogens is 308 g/mol. The van der Waals surface area contributed by atoms with E-state index in [1.807, 2.05) is 12.1 Å². The van der Waals surface area contributed by atoms with Crippen molar-refractivity contribution in [3.63, 3.8) is 0 Å². The molecule has 4 N–H and O–H groups in total. The quantitative estimate of drug-likeness (QED) is 0.774. The van der Waals surface area contributed by atoms with E-state index >= 15 is 0 Å². The zero-order chi connectivity index (χ0) is 17.1. The lowest BCUT2D eigenvalue weighted by Gasteiger charge is -2.11. The van der Waals surface area contributed by atoms with Crippen molar-refractivity contribution in [2.75, 3.05) is 12.3 Å². The molecule has 0 bridgehead atoms. The minimum atomic E-state index is -0.629. The van der Waals surface area contributed by atoms with Crippen LogP contribution in [-0.4, -0.2) is 28.3 Å². The monoisotopic (exact) mass is 328 g/mol. The molecule has 1 aliphatic carbocycles. The van der Waals surface area contributed by atoms with Crippen molar-refractivity contribution in [2.45, 2.75) is 31.7 Å². The Morgan fingerprint density at radius 3 is 2.88 bits per heavy atom. The van der Waals surface area contributed by atoms with E-state index in [4.69, 9.17) is 16.2 Å². The number of hydrogen-bond acceptors (Lipinski definition) is 5. The molecule has 3 rings (SSSR count). The smallest absolute Gasteiger partial charge is 0.306 e. The lowest BCUT2D eigenvalue weighted by Crippen LogP contribution is -2.17. The number of primary amides is 1. The van der Waals surface area contributed by atoms with Crippen molar-refractivity contribution < 1.29 is 14.3 Å². The van der Waals surface area contributed by atoms with Gasteiger partial charge >= 0.3 is 5.97 Å². The number of nitrogens with two attached hydrogens (primary N) is 2. The summed E-state index contributed by atoms with van der Waals surface area (Å²) in [6.07, 6.45) is 3.67. The molecule has 0 saturated carbocycles. The molecule has 24 heavy (non-hydrogen) atoms.